The van der Waals surface area contributed by atoms with Crippen molar-refractivity contribution in [3.05, 3.63) is 87.3 Å². The highest BCUT2D eigenvalue weighted by Crippen LogP contribution is 2.29. The zero-order chi connectivity index (χ0) is 21.8. The van der Waals surface area contributed by atoms with Gasteiger partial charge in [0, 0.05) is 6.54 Å². The first-order valence-electron chi connectivity index (χ1n) is 10.1. The summed E-state index contributed by atoms with van der Waals surface area (Å²) in [4.78, 5) is 31.5. The topological polar surface area (TPSA) is 73.2 Å². The molecule has 0 aliphatic carbocycles. The van der Waals surface area contributed by atoms with Gasteiger partial charge in [0.15, 0.2) is 0 Å². The van der Waals surface area contributed by atoms with Crippen LogP contribution in [0.25, 0.3) is 10.2 Å². The zero-order valence-electron chi connectivity index (χ0n) is 17.4. The number of benzene rings is 2. The second-order valence-electron chi connectivity index (χ2n) is 7.22. The van der Waals surface area contributed by atoms with E-state index in [9.17, 15) is 9.59 Å². The summed E-state index contributed by atoms with van der Waals surface area (Å²) in [7, 11) is 1.56. The van der Waals surface area contributed by atoms with Crippen LogP contribution in [0.3, 0.4) is 0 Å². The normalized spacial score (nSPS) is 10.9. The maximum atomic E-state index is 13.1. The summed E-state index contributed by atoms with van der Waals surface area (Å²) in [5, 5.41) is 3.39. The van der Waals surface area contributed by atoms with Crippen LogP contribution >= 0.6 is 11.3 Å². The molecule has 1 N–H and O–H groups in total. The molecular formula is C24H23N3O3S. The Morgan fingerprint density at radius 2 is 1.87 bits per heavy atom. The minimum Gasteiger partial charge on any atom is -0.495 e. The molecule has 0 fully saturated rings. The van der Waals surface area contributed by atoms with Crippen molar-refractivity contribution in [2.45, 2.75) is 26.3 Å². The predicted molar refractivity (Wildman–Crippen MR) is 124 cm³/mol. The summed E-state index contributed by atoms with van der Waals surface area (Å²) in [6, 6.07) is 17.4. The number of anilines is 1. The molecule has 2 aromatic heterocycles. The van der Waals surface area contributed by atoms with Gasteiger partial charge in [0.25, 0.3) is 11.5 Å². The van der Waals surface area contributed by atoms with Crippen LogP contribution < -0.4 is 15.6 Å². The lowest BCUT2D eigenvalue weighted by molar-refractivity contribution is 0.102. The Bertz CT molecular complexity index is 1280. The van der Waals surface area contributed by atoms with Crippen LogP contribution in [-0.4, -0.2) is 22.6 Å². The molecule has 0 bridgehead atoms. The molecule has 6 nitrogen and oxygen atoms in total. The molecule has 158 valence electrons. The third-order valence-corrected chi connectivity index (χ3v) is 6.38. The molecule has 0 spiro atoms. The van der Waals surface area contributed by atoms with Crippen molar-refractivity contribution in [2.75, 3.05) is 12.4 Å². The summed E-state index contributed by atoms with van der Waals surface area (Å²) in [6.45, 7) is 2.38. The Hall–Kier alpha value is -3.45. The number of aromatic nitrogens is 2. The number of methoxy groups -OCH3 is 1. The monoisotopic (exact) mass is 433 g/mol. The summed E-state index contributed by atoms with van der Waals surface area (Å²) < 4.78 is 6.93. The Kier molecular flexibility index (Phi) is 6.13. The second-order valence-corrected chi connectivity index (χ2v) is 8.22. The van der Waals surface area contributed by atoms with E-state index in [2.05, 4.69) is 22.4 Å². The SMILES string of the molecule is COc1ccccc1NC(=O)c1sc2ncn(CCCc3ccccc3)c(=O)c2c1C. The number of ether oxygens (including phenoxy) is 1. The molecule has 0 aliphatic heterocycles. The number of thiophene rings is 1. The van der Waals surface area contributed by atoms with Crippen LogP contribution in [0.4, 0.5) is 5.69 Å². The smallest absolute Gasteiger partial charge is 0.266 e. The number of hydrogen-bond donors (Lipinski definition) is 1. The highest BCUT2D eigenvalue weighted by atomic mass is 32.1. The summed E-state index contributed by atoms with van der Waals surface area (Å²) in [5.41, 5.74) is 2.37. The van der Waals surface area contributed by atoms with Crippen LogP contribution in [0.15, 0.2) is 65.7 Å². The van der Waals surface area contributed by atoms with Gasteiger partial charge in [-0.25, -0.2) is 4.98 Å². The Morgan fingerprint density at radius 3 is 2.65 bits per heavy atom. The van der Waals surface area contributed by atoms with E-state index in [4.69, 9.17) is 4.74 Å². The number of rotatable bonds is 7. The van der Waals surface area contributed by atoms with Crippen molar-refractivity contribution in [1.82, 2.24) is 9.55 Å². The van der Waals surface area contributed by atoms with Crippen molar-refractivity contribution >= 4 is 33.1 Å². The van der Waals surface area contributed by atoms with Gasteiger partial charge in [-0.1, -0.05) is 42.5 Å². The molecule has 2 heterocycles. The number of hydrogen-bond acceptors (Lipinski definition) is 5. The fourth-order valence-electron chi connectivity index (χ4n) is 3.56. The molecule has 7 heteroatoms. The first-order chi connectivity index (χ1) is 15.1. The highest BCUT2D eigenvalue weighted by Gasteiger charge is 2.20. The third kappa shape index (κ3) is 4.36. The Balaban J connectivity index is 1.56. The summed E-state index contributed by atoms with van der Waals surface area (Å²) >= 11 is 1.23. The number of nitrogens with zero attached hydrogens (tertiary/aromatic N) is 2. The van der Waals surface area contributed by atoms with Crippen LogP contribution in [0, 0.1) is 6.92 Å². The van der Waals surface area contributed by atoms with Gasteiger partial charge in [-0.05, 0) is 43.0 Å². The average molecular weight is 434 g/mol. The fraction of sp³-hybridized carbons (Fsp3) is 0.208. The van der Waals surface area contributed by atoms with Gasteiger partial charge in [-0.3, -0.25) is 14.2 Å². The lowest BCUT2D eigenvalue weighted by atomic mass is 10.1. The maximum absolute atomic E-state index is 13.1. The first-order valence-corrected chi connectivity index (χ1v) is 10.9. The quantitative estimate of drug-likeness (QED) is 0.460. The van der Waals surface area contributed by atoms with E-state index in [-0.39, 0.29) is 11.5 Å². The molecule has 0 unspecified atom stereocenters. The molecular weight excluding hydrogens is 410 g/mol. The minimum absolute atomic E-state index is 0.108. The van der Waals surface area contributed by atoms with E-state index in [0.717, 1.165) is 12.8 Å². The van der Waals surface area contributed by atoms with E-state index in [0.29, 0.717) is 38.6 Å². The van der Waals surface area contributed by atoms with E-state index in [1.54, 1.807) is 37.1 Å². The molecule has 2 aromatic carbocycles. The third-order valence-electron chi connectivity index (χ3n) is 5.19. The fourth-order valence-corrected chi connectivity index (χ4v) is 4.59. The van der Waals surface area contributed by atoms with Gasteiger partial charge in [0.1, 0.15) is 10.6 Å². The first kappa shape index (κ1) is 20.8. The van der Waals surface area contributed by atoms with Crippen molar-refractivity contribution in [3.8, 4) is 5.75 Å². The molecule has 0 saturated heterocycles. The van der Waals surface area contributed by atoms with E-state index in [1.165, 1.54) is 16.9 Å². The van der Waals surface area contributed by atoms with Gasteiger partial charge in [0.05, 0.1) is 29.4 Å². The molecule has 0 radical (unpaired) electrons. The highest BCUT2D eigenvalue weighted by molar-refractivity contribution is 7.20. The molecule has 0 saturated carbocycles. The average Bonchev–Trinajstić information content (AvgIpc) is 3.13. The molecule has 1 amide bonds. The number of aryl methyl sites for hydroxylation is 3. The number of carbonyl (C=O) groups excluding carboxylic acids is 1. The minimum atomic E-state index is -0.278. The van der Waals surface area contributed by atoms with Crippen LogP contribution in [0.5, 0.6) is 5.75 Å². The van der Waals surface area contributed by atoms with E-state index >= 15 is 0 Å². The van der Waals surface area contributed by atoms with Gasteiger partial charge in [0.2, 0.25) is 0 Å². The van der Waals surface area contributed by atoms with Gasteiger partial charge in [-0.15, -0.1) is 11.3 Å². The van der Waals surface area contributed by atoms with Crippen LogP contribution in [0.1, 0.15) is 27.2 Å². The van der Waals surface area contributed by atoms with Gasteiger partial charge in [-0.2, -0.15) is 0 Å². The summed E-state index contributed by atoms with van der Waals surface area (Å²) in [6.07, 6.45) is 3.30. The van der Waals surface area contributed by atoms with E-state index in [1.807, 2.05) is 30.3 Å². The van der Waals surface area contributed by atoms with Crippen LogP contribution in [0.2, 0.25) is 0 Å². The van der Waals surface area contributed by atoms with Crippen molar-refractivity contribution in [1.29, 1.82) is 0 Å². The molecule has 31 heavy (non-hydrogen) atoms. The molecule has 0 aliphatic rings. The molecule has 0 atom stereocenters. The lowest BCUT2D eigenvalue weighted by Crippen LogP contribution is -2.21. The number of fused-ring (bicyclic) bond motifs is 1. The van der Waals surface area contributed by atoms with Crippen molar-refractivity contribution < 1.29 is 9.53 Å². The van der Waals surface area contributed by atoms with Crippen LogP contribution in [-0.2, 0) is 13.0 Å². The van der Waals surface area contributed by atoms with Crippen molar-refractivity contribution in [3.63, 3.8) is 0 Å². The lowest BCUT2D eigenvalue weighted by Gasteiger charge is -2.09. The van der Waals surface area contributed by atoms with Gasteiger partial charge < -0.3 is 10.1 Å². The van der Waals surface area contributed by atoms with E-state index < -0.39 is 0 Å². The Morgan fingerprint density at radius 1 is 1.13 bits per heavy atom. The number of amides is 1. The predicted octanol–water partition coefficient (Wildman–Crippen LogP) is 4.66. The van der Waals surface area contributed by atoms with Crippen molar-refractivity contribution in [2.24, 2.45) is 0 Å². The Labute approximate surface area is 184 Å². The zero-order valence-corrected chi connectivity index (χ0v) is 18.2. The number of carbonyl (C=O) groups is 1. The summed E-state index contributed by atoms with van der Waals surface area (Å²) in [5.74, 6) is 0.300. The number of para-hydroxylation sites is 2. The maximum Gasteiger partial charge on any atom is 0.266 e. The standard InChI is InChI=1S/C24H23N3O3S/c1-16-20-23(31-21(16)22(28)26-18-12-6-7-13-19(18)30-2)25-15-27(24(20)29)14-8-11-17-9-4-3-5-10-17/h3-7,9-10,12-13,15H,8,11,14H2,1-2H3,(H,26,28). The molecule has 4 rings (SSSR count). The second kappa shape index (κ2) is 9.14. The molecule has 4 aromatic rings. The van der Waals surface area contributed by atoms with Gasteiger partial charge >= 0.3 is 0 Å². The number of nitrogens with one attached hydrogen (secondary N) is 1. The largest absolute Gasteiger partial charge is 0.495 e.